The first-order valence-electron chi connectivity index (χ1n) is 10.5. The minimum Gasteiger partial charge on any atom is -0.381 e. The van der Waals surface area contributed by atoms with Crippen LogP contribution >= 0.6 is 0 Å². The SMILES string of the molecule is CC1CCN(C(=O)[C@@H]2CC[C@H]3[C@H](CCN3CC3CCOCC3)O2)CC1. The highest BCUT2D eigenvalue weighted by Gasteiger charge is 2.43. The normalized spacial score (nSPS) is 35.7. The van der Waals surface area contributed by atoms with Gasteiger partial charge < -0.3 is 14.4 Å². The number of nitrogens with zero attached hydrogens (tertiary/aromatic N) is 2. The number of likely N-dealkylation sites (tertiary alicyclic amines) is 2. The van der Waals surface area contributed by atoms with Gasteiger partial charge in [0.15, 0.2) is 0 Å². The second-order valence-corrected chi connectivity index (χ2v) is 8.66. The van der Waals surface area contributed by atoms with E-state index in [0.29, 0.717) is 6.04 Å². The molecule has 0 aromatic rings. The van der Waals surface area contributed by atoms with Crippen LogP contribution in [0.15, 0.2) is 0 Å². The number of carbonyl (C=O) groups excluding carboxylic acids is 1. The Hall–Kier alpha value is -0.650. The van der Waals surface area contributed by atoms with Crippen molar-refractivity contribution in [1.82, 2.24) is 9.80 Å². The Morgan fingerprint density at radius 1 is 0.960 bits per heavy atom. The minimum absolute atomic E-state index is 0.183. The lowest BCUT2D eigenvalue weighted by Crippen LogP contribution is -2.51. The number of hydrogen-bond acceptors (Lipinski definition) is 4. The first kappa shape index (κ1) is 17.7. The number of ether oxygens (including phenoxy) is 2. The average molecular weight is 351 g/mol. The van der Waals surface area contributed by atoms with E-state index in [9.17, 15) is 4.79 Å². The number of piperidine rings is 1. The van der Waals surface area contributed by atoms with Crippen LogP contribution in [0, 0.1) is 11.8 Å². The Kier molecular flexibility index (Phi) is 5.63. The van der Waals surface area contributed by atoms with Crippen molar-refractivity contribution in [2.75, 3.05) is 39.4 Å². The maximum Gasteiger partial charge on any atom is 0.251 e. The zero-order valence-corrected chi connectivity index (χ0v) is 15.7. The topological polar surface area (TPSA) is 42.0 Å². The molecule has 3 atom stereocenters. The largest absolute Gasteiger partial charge is 0.381 e. The Labute approximate surface area is 152 Å². The highest BCUT2D eigenvalue weighted by Crippen LogP contribution is 2.34. The number of fused-ring (bicyclic) bond motifs is 1. The van der Waals surface area contributed by atoms with Crippen molar-refractivity contribution in [3.63, 3.8) is 0 Å². The summed E-state index contributed by atoms with van der Waals surface area (Å²) in [6, 6.07) is 0.535. The third-order valence-corrected chi connectivity index (χ3v) is 6.87. The maximum absolute atomic E-state index is 12.8. The van der Waals surface area contributed by atoms with E-state index in [1.807, 2.05) is 0 Å². The van der Waals surface area contributed by atoms with Crippen LogP contribution in [0.5, 0.6) is 0 Å². The van der Waals surface area contributed by atoms with Crippen LogP contribution in [0.4, 0.5) is 0 Å². The van der Waals surface area contributed by atoms with Crippen LogP contribution in [0.1, 0.15) is 51.9 Å². The zero-order valence-electron chi connectivity index (χ0n) is 15.7. The molecule has 4 heterocycles. The summed E-state index contributed by atoms with van der Waals surface area (Å²) < 4.78 is 11.8. The predicted molar refractivity (Wildman–Crippen MR) is 96.4 cm³/mol. The van der Waals surface area contributed by atoms with E-state index in [-0.39, 0.29) is 18.1 Å². The molecule has 5 nitrogen and oxygen atoms in total. The second-order valence-electron chi connectivity index (χ2n) is 8.66. The summed E-state index contributed by atoms with van der Waals surface area (Å²) in [6.45, 7) is 8.30. The van der Waals surface area contributed by atoms with Crippen molar-refractivity contribution >= 4 is 5.91 Å². The summed E-state index contributed by atoms with van der Waals surface area (Å²) in [4.78, 5) is 17.5. The van der Waals surface area contributed by atoms with E-state index < -0.39 is 0 Å². The summed E-state index contributed by atoms with van der Waals surface area (Å²) in [5.41, 5.74) is 0. The van der Waals surface area contributed by atoms with Crippen molar-refractivity contribution < 1.29 is 14.3 Å². The Morgan fingerprint density at radius 2 is 1.72 bits per heavy atom. The number of carbonyl (C=O) groups is 1. The summed E-state index contributed by atoms with van der Waals surface area (Å²) in [5, 5.41) is 0. The molecule has 142 valence electrons. The lowest BCUT2D eigenvalue weighted by Gasteiger charge is -2.39. The smallest absolute Gasteiger partial charge is 0.251 e. The van der Waals surface area contributed by atoms with Gasteiger partial charge in [0.25, 0.3) is 5.91 Å². The van der Waals surface area contributed by atoms with E-state index in [0.717, 1.165) is 76.8 Å². The fourth-order valence-corrected chi connectivity index (χ4v) is 5.12. The zero-order chi connectivity index (χ0) is 17.2. The lowest BCUT2D eigenvalue weighted by atomic mass is 9.95. The van der Waals surface area contributed by atoms with Crippen LogP contribution < -0.4 is 0 Å². The Morgan fingerprint density at radius 3 is 2.48 bits per heavy atom. The quantitative estimate of drug-likeness (QED) is 0.783. The fourth-order valence-electron chi connectivity index (χ4n) is 5.12. The molecule has 5 heteroatoms. The van der Waals surface area contributed by atoms with Gasteiger partial charge in [-0.25, -0.2) is 0 Å². The van der Waals surface area contributed by atoms with E-state index >= 15 is 0 Å². The molecule has 1 amide bonds. The van der Waals surface area contributed by atoms with Crippen LogP contribution in [-0.4, -0.2) is 73.3 Å². The molecule has 4 aliphatic heterocycles. The number of rotatable bonds is 3. The van der Waals surface area contributed by atoms with Gasteiger partial charge in [-0.15, -0.1) is 0 Å². The molecule has 0 unspecified atom stereocenters. The highest BCUT2D eigenvalue weighted by atomic mass is 16.5. The monoisotopic (exact) mass is 350 g/mol. The van der Waals surface area contributed by atoms with E-state index in [4.69, 9.17) is 9.47 Å². The van der Waals surface area contributed by atoms with Gasteiger partial charge in [0.2, 0.25) is 0 Å². The summed E-state index contributed by atoms with van der Waals surface area (Å²) in [5.74, 6) is 1.80. The van der Waals surface area contributed by atoms with Gasteiger partial charge in [0.1, 0.15) is 6.10 Å². The van der Waals surface area contributed by atoms with Gasteiger partial charge in [0.05, 0.1) is 6.10 Å². The third-order valence-electron chi connectivity index (χ3n) is 6.87. The van der Waals surface area contributed by atoms with Gasteiger partial charge >= 0.3 is 0 Å². The minimum atomic E-state index is -0.183. The summed E-state index contributed by atoms with van der Waals surface area (Å²) in [6.07, 6.45) is 7.88. The van der Waals surface area contributed by atoms with E-state index in [1.54, 1.807) is 0 Å². The predicted octanol–water partition coefficient (Wildman–Crippen LogP) is 2.29. The van der Waals surface area contributed by atoms with Crippen LogP contribution in [0.3, 0.4) is 0 Å². The van der Waals surface area contributed by atoms with E-state index in [2.05, 4.69) is 16.7 Å². The molecule has 0 bridgehead atoms. The first-order valence-corrected chi connectivity index (χ1v) is 10.5. The third kappa shape index (κ3) is 4.04. The van der Waals surface area contributed by atoms with Crippen molar-refractivity contribution in [3.05, 3.63) is 0 Å². The van der Waals surface area contributed by atoms with Gasteiger partial charge in [0, 0.05) is 45.4 Å². The van der Waals surface area contributed by atoms with E-state index in [1.165, 1.54) is 19.4 Å². The maximum atomic E-state index is 12.8. The molecular weight excluding hydrogens is 316 g/mol. The molecule has 0 N–H and O–H groups in total. The second kappa shape index (κ2) is 7.93. The standard InChI is InChI=1S/C20H34N2O3/c1-15-4-9-21(10-5-15)20(23)19-3-2-17-18(25-19)6-11-22(17)14-16-7-12-24-13-8-16/h15-19H,2-14H2,1H3/t17-,18-,19-/m0/s1. The number of amides is 1. The molecule has 25 heavy (non-hydrogen) atoms. The molecule has 0 aliphatic carbocycles. The molecule has 0 aromatic heterocycles. The molecule has 0 saturated carbocycles. The number of hydrogen-bond donors (Lipinski definition) is 0. The summed E-state index contributed by atoms with van der Waals surface area (Å²) in [7, 11) is 0. The van der Waals surface area contributed by atoms with Crippen LogP contribution in [0.25, 0.3) is 0 Å². The highest BCUT2D eigenvalue weighted by molar-refractivity contribution is 5.81. The van der Waals surface area contributed by atoms with Crippen molar-refractivity contribution in [2.24, 2.45) is 11.8 Å². The van der Waals surface area contributed by atoms with Crippen LogP contribution in [0.2, 0.25) is 0 Å². The molecule has 4 saturated heterocycles. The fraction of sp³-hybridized carbons (Fsp3) is 0.950. The van der Waals surface area contributed by atoms with Gasteiger partial charge in [-0.05, 0) is 56.8 Å². The molecule has 4 aliphatic rings. The molecule has 0 aromatic carbocycles. The van der Waals surface area contributed by atoms with Crippen LogP contribution in [-0.2, 0) is 14.3 Å². The van der Waals surface area contributed by atoms with Crippen molar-refractivity contribution in [3.8, 4) is 0 Å². The molecule has 0 spiro atoms. The molecule has 4 rings (SSSR count). The summed E-state index contributed by atoms with van der Waals surface area (Å²) >= 11 is 0. The molecule has 4 fully saturated rings. The molecule has 0 radical (unpaired) electrons. The van der Waals surface area contributed by atoms with Gasteiger partial charge in [-0.1, -0.05) is 6.92 Å². The molecular formula is C20H34N2O3. The van der Waals surface area contributed by atoms with Gasteiger partial charge in [-0.2, -0.15) is 0 Å². The Balaban J connectivity index is 1.28. The van der Waals surface area contributed by atoms with Gasteiger partial charge in [-0.3, -0.25) is 9.69 Å². The van der Waals surface area contributed by atoms with Crippen molar-refractivity contribution in [1.29, 1.82) is 0 Å². The lowest BCUT2D eigenvalue weighted by molar-refractivity contribution is -0.156. The first-order chi connectivity index (χ1) is 12.2. The average Bonchev–Trinajstić information content (AvgIpc) is 3.05. The van der Waals surface area contributed by atoms with Crippen molar-refractivity contribution in [2.45, 2.75) is 70.1 Å². The Bertz CT molecular complexity index is 458.